The first-order valence-electron chi connectivity index (χ1n) is 10.3. The van der Waals surface area contributed by atoms with Gasteiger partial charge in [-0.25, -0.2) is 0 Å². The number of aliphatic imine (C=N–C) groups is 1. The third-order valence-corrected chi connectivity index (χ3v) is 6.08. The lowest BCUT2D eigenvalue weighted by atomic mass is 9.73. The van der Waals surface area contributed by atoms with Crippen molar-refractivity contribution in [3.05, 3.63) is 77.7 Å². The van der Waals surface area contributed by atoms with E-state index in [0.29, 0.717) is 6.42 Å². The number of Topliss-reactive ketones (excluding diaryl/α,β-unsaturated/α-hetero) is 1. The summed E-state index contributed by atoms with van der Waals surface area (Å²) in [7, 11) is 1.66. The van der Waals surface area contributed by atoms with Gasteiger partial charge in [0.1, 0.15) is 23.1 Å². The molecule has 5 nitrogen and oxygen atoms in total. The van der Waals surface area contributed by atoms with Crippen molar-refractivity contribution < 1.29 is 13.9 Å². The van der Waals surface area contributed by atoms with Crippen molar-refractivity contribution in [2.24, 2.45) is 10.9 Å². The molecule has 1 saturated carbocycles. The molecule has 1 aliphatic carbocycles. The van der Waals surface area contributed by atoms with E-state index >= 15 is 0 Å². The first-order chi connectivity index (χ1) is 14.6. The lowest BCUT2D eigenvalue weighted by Crippen LogP contribution is -2.38. The summed E-state index contributed by atoms with van der Waals surface area (Å²) in [5, 5.41) is 3.54. The Morgan fingerprint density at radius 3 is 2.57 bits per heavy atom. The highest BCUT2D eigenvalue weighted by atomic mass is 16.5. The van der Waals surface area contributed by atoms with Crippen LogP contribution in [0, 0.1) is 12.8 Å². The van der Waals surface area contributed by atoms with Crippen LogP contribution in [-0.2, 0) is 4.79 Å². The first-order valence-corrected chi connectivity index (χ1v) is 10.3. The van der Waals surface area contributed by atoms with Gasteiger partial charge in [-0.1, -0.05) is 24.3 Å². The molecule has 1 fully saturated rings. The first kappa shape index (κ1) is 18.7. The van der Waals surface area contributed by atoms with Gasteiger partial charge in [-0.3, -0.25) is 9.79 Å². The van der Waals surface area contributed by atoms with E-state index in [4.69, 9.17) is 14.1 Å². The van der Waals surface area contributed by atoms with E-state index < -0.39 is 0 Å². The Balaban J connectivity index is 1.55. The minimum absolute atomic E-state index is 0.114. The summed E-state index contributed by atoms with van der Waals surface area (Å²) >= 11 is 0. The minimum atomic E-state index is -0.336. The maximum Gasteiger partial charge on any atom is 0.144 e. The smallest absolute Gasteiger partial charge is 0.144 e. The summed E-state index contributed by atoms with van der Waals surface area (Å²) in [4.78, 5) is 18.4. The molecule has 3 atom stereocenters. The fraction of sp³-hybridized carbons (Fsp3) is 0.280. The summed E-state index contributed by atoms with van der Waals surface area (Å²) in [5.41, 5.74) is 3.85. The van der Waals surface area contributed by atoms with Gasteiger partial charge in [0.2, 0.25) is 0 Å². The van der Waals surface area contributed by atoms with Crippen molar-refractivity contribution in [2.45, 2.75) is 31.7 Å². The molecule has 0 saturated heterocycles. The second-order valence-electron chi connectivity index (χ2n) is 8.01. The Morgan fingerprint density at radius 2 is 1.83 bits per heavy atom. The predicted molar refractivity (Wildman–Crippen MR) is 117 cm³/mol. The Kier molecular flexibility index (Phi) is 4.66. The molecule has 3 unspecified atom stereocenters. The molecule has 0 bridgehead atoms. The summed E-state index contributed by atoms with van der Waals surface area (Å²) in [6, 6.07) is 19.6. The largest absolute Gasteiger partial charge is 0.497 e. The number of hydrogen-bond donors (Lipinski definition) is 1. The third-order valence-electron chi connectivity index (χ3n) is 6.08. The van der Waals surface area contributed by atoms with E-state index in [9.17, 15) is 4.79 Å². The zero-order valence-electron chi connectivity index (χ0n) is 17.1. The van der Waals surface area contributed by atoms with Crippen molar-refractivity contribution in [3.8, 4) is 5.75 Å². The third kappa shape index (κ3) is 3.30. The Hall–Kier alpha value is -3.34. The number of nitrogens with zero attached hydrogens (tertiary/aromatic N) is 1. The van der Waals surface area contributed by atoms with Gasteiger partial charge < -0.3 is 14.5 Å². The van der Waals surface area contributed by atoms with Gasteiger partial charge in [0.05, 0.1) is 30.4 Å². The Bertz CT molecular complexity index is 1110. The fourth-order valence-electron chi connectivity index (χ4n) is 4.57. The van der Waals surface area contributed by atoms with Crippen molar-refractivity contribution in [2.75, 3.05) is 12.4 Å². The lowest BCUT2D eigenvalue weighted by molar-refractivity contribution is -0.122. The average Bonchev–Trinajstić information content (AvgIpc) is 3.11. The second-order valence-corrected chi connectivity index (χ2v) is 8.01. The highest BCUT2D eigenvalue weighted by molar-refractivity contribution is 6.10. The second kappa shape index (κ2) is 7.48. The van der Waals surface area contributed by atoms with Gasteiger partial charge in [0.25, 0.3) is 0 Å². The summed E-state index contributed by atoms with van der Waals surface area (Å²) in [6.45, 7) is 1.92. The normalized spacial score (nSPS) is 22.9. The number of nitrogens with one attached hydrogen (secondary N) is 1. The molecule has 2 aliphatic rings. The van der Waals surface area contributed by atoms with Gasteiger partial charge in [0, 0.05) is 12.1 Å². The van der Waals surface area contributed by atoms with Crippen LogP contribution in [0.25, 0.3) is 0 Å². The zero-order chi connectivity index (χ0) is 20.7. The van der Waals surface area contributed by atoms with Crippen LogP contribution in [0.3, 0.4) is 0 Å². The SMILES string of the molecule is COc1ccc(C2CC(=O)C3C(=Nc4ccccc4NC3c3ccc(C)o3)C2)cc1. The van der Waals surface area contributed by atoms with Gasteiger partial charge in [-0.2, -0.15) is 0 Å². The number of ketones is 1. The molecule has 5 rings (SSSR count). The van der Waals surface area contributed by atoms with Crippen molar-refractivity contribution in [1.82, 2.24) is 0 Å². The number of methoxy groups -OCH3 is 1. The van der Waals surface area contributed by atoms with Crippen LogP contribution in [0.15, 0.2) is 70.1 Å². The highest BCUT2D eigenvalue weighted by Crippen LogP contribution is 2.44. The predicted octanol–water partition coefficient (Wildman–Crippen LogP) is 5.60. The number of aryl methyl sites for hydroxylation is 1. The highest BCUT2D eigenvalue weighted by Gasteiger charge is 2.42. The van der Waals surface area contributed by atoms with Gasteiger partial charge in [-0.05, 0) is 61.2 Å². The van der Waals surface area contributed by atoms with Crippen LogP contribution in [0.2, 0.25) is 0 Å². The summed E-state index contributed by atoms with van der Waals surface area (Å²) in [6.07, 6.45) is 1.24. The van der Waals surface area contributed by atoms with Crippen molar-refractivity contribution >= 4 is 22.9 Å². The molecule has 152 valence electrons. The summed E-state index contributed by atoms with van der Waals surface area (Å²) < 4.78 is 11.2. The molecule has 1 aromatic heterocycles. The Labute approximate surface area is 175 Å². The molecule has 2 aromatic carbocycles. The van der Waals surface area contributed by atoms with E-state index in [-0.39, 0.29) is 23.7 Å². The number of benzene rings is 2. The molecule has 1 N–H and O–H groups in total. The van der Waals surface area contributed by atoms with Gasteiger partial charge >= 0.3 is 0 Å². The van der Waals surface area contributed by atoms with Crippen LogP contribution < -0.4 is 10.1 Å². The molecule has 0 amide bonds. The summed E-state index contributed by atoms with van der Waals surface area (Å²) in [5.74, 6) is 2.40. The molecule has 0 spiro atoms. The maximum atomic E-state index is 13.4. The van der Waals surface area contributed by atoms with Crippen LogP contribution in [0.1, 0.15) is 41.9 Å². The number of hydrogen-bond acceptors (Lipinski definition) is 5. The van der Waals surface area contributed by atoms with Gasteiger partial charge in [-0.15, -0.1) is 0 Å². The monoisotopic (exact) mass is 400 g/mol. The number of furan rings is 1. The standard InChI is InChI=1S/C25H24N2O3/c1-15-7-12-23(30-15)25-24-21(26-19-5-3-4-6-20(19)27-25)13-17(14-22(24)28)16-8-10-18(29-2)11-9-16/h3-12,17,24-25,27H,13-14H2,1-2H3. The van der Waals surface area contributed by atoms with Crippen molar-refractivity contribution in [1.29, 1.82) is 0 Å². The van der Waals surface area contributed by atoms with E-state index in [2.05, 4.69) is 5.32 Å². The van der Waals surface area contributed by atoms with E-state index in [1.165, 1.54) is 0 Å². The molecule has 0 radical (unpaired) electrons. The Morgan fingerprint density at radius 1 is 1.03 bits per heavy atom. The molecule has 2 heterocycles. The number of carbonyl (C=O) groups is 1. The zero-order valence-corrected chi connectivity index (χ0v) is 17.1. The number of fused-ring (bicyclic) bond motifs is 2. The molecule has 3 aromatic rings. The number of carbonyl (C=O) groups excluding carboxylic acids is 1. The lowest BCUT2D eigenvalue weighted by Gasteiger charge is -2.32. The molecular weight excluding hydrogens is 376 g/mol. The van der Waals surface area contributed by atoms with Crippen LogP contribution in [0.5, 0.6) is 5.75 Å². The number of para-hydroxylation sites is 2. The van der Waals surface area contributed by atoms with Gasteiger partial charge in [0.15, 0.2) is 0 Å². The maximum absolute atomic E-state index is 13.4. The van der Waals surface area contributed by atoms with E-state index in [1.807, 2.05) is 67.6 Å². The fourth-order valence-corrected chi connectivity index (χ4v) is 4.57. The average molecular weight is 400 g/mol. The quantitative estimate of drug-likeness (QED) is 0.622. The van der Waals surface area contributed by atoms with E-state index in [1.54, 1.807) is 7.11 Å². The molecule has 5 heteroatoms. The minimum Gasteiger partial charge on any atom is -0.497 e. The van der Waals surface area contributed by atoms with Crippen LogP contribution in [-0.4, -0.2) is 18.6 Å². The van der Waals surface area contributed by atoms with Crippen LogP contribution in [0.4, 0.5) is 11.4 Å². The topological polar surface area (TPSA) is 63.8 Å². The molecule has 1 aliphatic heterocycles. The van der Waals surface area contributed by atoms with Crippen molar-refractivity contribution in [3.63, 3.8) is 0 Å². The number of anilines is 1. The number of ether oxygens (including phenoxy) is 1. The van der Waals surface area contributed by atoms with E-state index in [0.717, 1.165) is 46.3 Å². The number of rotatable bonds is 3. The molecule has 30 heavy (non-hydrogen) atoms. The molecular formula is C25H24N2O3. The van der Waals surface area contributed by atoms with Crippen LogP contribution >= 0.6 is 0 Å².